The van der Waals surface area contributed by atoms with Crippen LogP contribution in [0.2, 0.25) is 5.02 Å². The van der Waals surface area contributed by atoms with E-state index in [0.29, 0.717) is 23.1 Å². The highest BCUT2D eigenvalue weighted by atomic mass is 35.5. The second-order valence-corrected chi connectivity index (χ2v) is 8.16. The number of sulfonamides is 1. The number of hydrogen-bond donors (Lipinski definition) is 1. The van der Waals surface area contributed by atoms with Gasteiger partial charge in [0.05, 0.1) is 28.2 Å². The third kappa shape index (κ3) is 5.40. The van der Waals surface area contributed by atoms with Gasteiger partial charge >= 0.3 is 0 Å². The van der Waals surface area contributed by atoms with Gasteiger partial charge in [-0.2, -0.15) is 0 Å². The number of nitrogens with one attached hydrogen (secondary N) is 1. The van der Waals surface area contributed by atoms with Crippen LogP contribution < -0.4 is 14.2 Å². The first kappa shape index (κ1) is 21.4. The molecule has 0 bridgehead atoms. The van der Waals surface area contributed by atoms with Crippen LogP contribution in [0.1, 0.15) is 6.92 Å². The van der Waals surface area contributed by atoms with Crippen molar-refractivity contribution in [2.24, 2.45) is 0 Å². The first-order valence-corrected chi connectivity index (χ1v) is 10.6. The summed E-state index contributed by atoms with van der Waals surface area (Å²) >= 11 is 5.84. The van der Waals surface area contributed by atoms with E-state index in [4.69, 9.17) is 21.1 Å². The van der Waals surface area contributed by atoms with Crippen LogP contribution in [-0.2, 0) is 10.0 Å². The third-order valence-electron chi connectivity index (χ3n) is 3.85. The topological polar surface area (TPSA) is 108 Å². The molecule has 10 heteroatoms. The molecule has 0 radical (unpaired) electrons. The SMILES string of the molecule is CCOc1ccc(S(=O)(=O)Nc2cc(Oc3ccc(Cl)cc3)cc([N+](=O)[O-])c2)cc1. The zero-order valence-electron chi connectivity index (χ0n) is 15.7. The molecule has 0 aliphatic carbocycles. The summed E-state index contributed by atoms with van der Waals surface area (Å²) < 4.78 is 38.6. The quantitative estimate of drug-likeness (QED) is 0.373. The predicted octanol–water partition coefficient (Wildman–Crippen LogP) is 5.24. The number of rotatable bonds is 8. The molecule has 0 aliphatic rings. The number of nitrogens with zero attached hydrogens (tertiary/aromatic N) is 1. The Labute approximate surface area is 178 Å². The van der Waals surface area contributed by atoms with Gasteiger partial charge in [-0.05, 0) is 55.5 Å². The molecule has 0 aromatic heterocycles. The van der Waals surface area contributed by atoms with Gasteiger partial charge in [-0.3, -0.25) is 14.8 Å². The van der Waals surface area contributed by atoms with E-state index in [1.54, 1.807) is 24.3 Å². The number of nitro benzene ring substituents is 1. The lowest BCUT2D eigenvalue weighted by molar-refractivity contribution is -0.384. The van der Waals surface area contributed by atoms with Gasteiger partial charge in [0.1, 0.15) is 17.2 Å². The van der Waals surface area contributed by atoms with Crippen molar-refractivity contribution >= 4 is 33.0 Å². The van der Waals surface area contributed by atoms with Crippen LogP contribution in [0.3, 0.4) is 0 Å². The number of ether oxygens (including phenoxy) is 2. The maximum atomic E-state index is 12.7. The van der Waals surface area contributed by atoms with Crippen molar-refractivity contribution in [1.82, 2.24) is 0 Å². The summed E-state index contributed by atoms with van der Waals surface area (Å²) in [6.07, 6.45) is 0. The minimum atomic E-state index is -3.98. The number of benzene rings is 3. The maximum Gasteiger partial charge on any atom is 0.275 e. The molecule has 0 amide bonds. The fourth-order valence-corrected chi connectivity index (χ4v) is 3.71. The molecular weight excluding hydrogens is 432 g/mol. The van der Waals surface area contributed by atoms with E-state index in [9.17, 15) is 18.5 Å². The average molecular weight is 449 g/mol. The standard InChI is InChI=1S/C20H17ClN2O6S/c1-2-28-17-7-9-20(10-8-17)30(26,27)22-15-11-16(23(24)25)13-19(12-15)29-18-5-3-14(21)4-6-18/h3-13,22H,2H2,1H3. The van der Waals surface area contributed by atoms with Crippen molar-refractivity contribution in [2.45, 2.75) is 11.8 Å². The molecule has 3 rings (SSSR count). The van der Waals surface area contributed by atoms with E-state index < -0.39 is 14.9 Å². The molecule has 8 nitrogen and oxygen atoms in total. The van der Waals surface area contributed by atoms with Gasteiger partial charge in [0, 0.05) is 17.2 Å². The van der Waals surface area contributed by atoms with Crippen molar-refractivity contribution in [3.63, 3.8) is 0 Å². The van der Waals surface area contributed by atoms with Crippen LogP contribution in [0.4, 0.5) is 11.4 Å². The van der Waals surface area contributed by atoms with Crippen LogP contribution in [-0.4, -0.2) is 19.9 Å². The van der Waals surface area contributed by atoms with Gasteiger partial charge in [-0.1, -0.05) is 11.6 Å². The molecule has 0 saturated heterocycles. The Balaban J connectivity index is 1.89. The predicted molar refractivity (Wildman–Crippen MR) is 113 cm³/mol. The molecule has 156 valence electrons. The van der Waals surface area contributed by atoms with E-state index in [0.717, 1.165) is 6.07 Å². The molecule has 0 unspecified atom stereocenters. The van der Waals surface area contributed by atoms with Gasteiger partial charge in [0.2, 0.25) is 0 Å². The highest BCUT2D eigenvalue weighted by Gasteiger charge is 2.18. The lowest BCUT2D eigenvalue weighted by Crippen LogP contribution is -2.13. The molecule has 3 aromatic rings. The normalized spacial score (nSPS) is 11.0. The smallest absolute Gasteiger partial charge is 0.275 e. The maximum absolute atomic E-state index is 12.7. The fourth-order valence-electron chi connectivity index (χ4n) is 2.54. The minimum absolute atomic E-state index is 0.0120. The zero-order chi connectivity index (χ0) is 21.7. The summed E-state index contributed by atoms with van der Waals surface area (Å²) in [7, 11) is -3.98. The average Bonchev–Trinajstić information content (AvgIpc) is 2.70. The van der Waals surface area contributed by atoms with E-state index in [-0.39, 0.29) is 22.0 Å². The number of halogens is 1. The molecule has 0 atom stereocenters. The largest absolute Gasteiger partial charge is 0.494 e. The van der Waals surface area contributed by atoms with Crippen molar-refractivity contribution in [2.75, 3.05) is 11.3 Å². The summed E-state index contributed by atoms with van der Waals surface area (Å²) in [6.45, 7) is 2.27. The summed E-state index contributed by atoms with van der Waals surface area (Å²) in [4.78, 5) is 10.6. The summed E-state index contributed by atoms with van der Waals surface area (Å²) in [5.41, 5.74) is -0.340. The van der Waals surface area contributed by atoms with Crippen molar-refractivity contribution < 1.29 is 22.8 Å². The lowest BCUT2D eigenvalue weighted by Gasteiger charge is -2.11. The molecular formula is C20H17ClN2O6S. The second-order valence-electron chi connectivity index (χ2n) is 6.04. The van der Waals surface area contributed by atoms with E-state index in [1.807, 2.05) is 6.92 Å². The summed E-state index contributed by atoms with van der Waals surface area (Å²) in [6, 6.07) is 15.9. The molecule has 0 heterocycles. The molecule has 0 saturated carbocycles. The summed E-state index contributed by atoms with van der Waals surface area (Å²) in [5.74, 6) is 1.02. The number of non-ortho nitro benzene ring substituents is 1. The zero-order valence-corrected chi connectivity index (χ0v) is 17.3. The van der Waals surface area contributed by atoms with Crippen molar-refractivity contribution in [1.29, 1.82) is 0 Å². The van der Waals surface area contributed by atoms with Crippen molar-refractivity contribution in [3.05, 3.63) is 81.9 Å². The first-order valence-electron chi connectivity index (χ1n) is 8.75. The monoisotopic (exact) mass is 448 g/mol. The third-order valence-corrected chi connectivity index (χ3v) is 5.50. The number of hydrogen-bond acceptors (Lipinski definition) is 6. The highest BCUT2D eigenvalue weighted by Crippen LogP contribution is 2.31. The van der Waals surface area contributed by atoms with Gasteiger partial charge in [0.25, 0.3) is 15.7 Å². The Hall–Kier alpha value is -3.30. The summed E-state index contributed by atoms with van der Waals surface area (Å²) in [5, 5.41) is 11.8. The van der Waals surface area contributed by atoms with Crippen LogP contribution in [0.25, 0.3) is 0 Å². The van der Waals surface area contributed by atoms with Crippen LogP contribution >= 0.6 is 11.6 Å². The Kier molecular flexibility index (Phi) is 6.43. The molecule has 1 N–H and O–H groups in total. The Bertz CT molecular complexity index is 1150. The van der Waals surface area contributed by atoms with Crippen LogP contribution in [0.15, 0.2) is 71.6 Å². The molecule has 0 spiro atoms. The van der Waals surface area contributed by atoms with Gasteiger partial charge < -0.3 is 9.47 Å². The Morgan fingerprint density at radius 3 is 2.20 bits per heavy atom. The number of anilines is 1. The highest BCUT2D eigenvalue weighted by molar-refractivity contribution is 7.92. The first-order chi connectivity index (χ1) is 14.3. The van der Waals surface area contributed by atoms with E-state index in [1.165, 1.54) is 36.4 Å². The van der Waals surface area contributed by atoms with Crippen molar-refractivity contribution in [3.8, 4) is 17.2 Å². The van der Waals surface area contributed by atoms with Gasteiger partial charge in [-0.25, -0.2) is 8.42 Å². The number of nitro groups is 1. The van der Waals surface area contributed by atoms with Crippen LogP contribution in [0, 0.1) is 10.1 Å². The molecule has 3 aromatic carbocycles. The van der Waals surface area contributed by atoms with E-state index >= 15 is 0 Å². The second kappa shape index (κ2) is 9.02. The molecule has 0 fully saturated rings. The molecule has 30 heavy (non-hydrogen) atoms. The van der Waals surface area contributed by atoms with Gasteiger partial charge in [0.15, 0.2) is 0 Å². The lowest BCUT2D eigenvalue weighted by atomic mass is 10.2. The minimum Gasteiger partial charge on any atom is -0.494 e. The fraction of sp³-hybridized carbons (Fsp3) is 0.100. The Morgan fingerprint density at radius 2 is 1.60 bits per heavy atom. The van der Waals surface area contributed by atoms with Crippen LogP contribution in [0.5, 0.6) is 17.2 Å². The molecule has 0 aliphatic heterocycles. The van der Waals surface area contributed by atoms with E-state index in [2.05, 4.69) is 4.72 Å². The Morgan fingerprint density at radius 1 is 0.967 bits per heavy atom. The van der Waals surface area contributed by atoms with Gasteiger partial charge in [-0.15, -0.1) is 0 Å².